The summed E-state index contributed by atoms with van der Waals surface area (Å²) in [5.41, 5.74) is 3.53. The van der Waals surface area contributed by atoms with Gasteiger partial charge in [0, 0.05) is 18.5 Å². The molecule has 1 N–H and O–H groups in total. The van der Waals surface area contributed by atoms with Gasteiger partial charge in [-0.15, -0.1) is 0 Å². The Labute approximate surface area is 145 Å². The van der Waals surface area contributed by atoms with Gasteiger partial charge in [-0.25, -0.2) is 9.37 Å². The lowest BCUT2D eigenvalue weighted by atomic mass is 10.1. The number of nitrogens with one attached hydrogen (secondary N) is 1. The number of oxazole rings is 1. The standard InChI is InChI=1S/C20H19FN2O2/c1-14-5-7-16(8-6-14)20-23-18(13-25-20)9-10-22-19(24)12-15-3-2-4-17(21)11-15/h2-8,11,13H,9-10,12H2,1H3,(H,22,24). The van der Waals surface area contributed by atoms with Crippen molar-refractivity contribution in [3.05, 3.63) is 77.4 Å². The van der Waals surface area contributed by atoms with E-state index in [1.807, 2.05) is 31.2 Å². The maximum Gasteiger partial charge on any atom is 0.226 e. The van der Waals surface area contributed by atoms with E-state index in [-0.39, 0.29) is 18.1 Å². The van der Waals surface area contributed by atoms with Crippen LogP contribution in [0.15, 0.2) is 59.2 Å². The van der Waals surface area contributed by atoms with Crippen molar-refractivity contribution in [2.45, 2.75) is 19.8 Å². The fraction of sp³-hybridized carbons (Fsp3) is 0.200. The van der Waals surface area contributed by atoms with Crippen LogP contribution in [0.25, 0.3) is 11.5 Å². The molecule has 0 aliphatic heterocycles. The maximum atomic E-state index is 13.1. The molecule has 2 aromatic carbocycles. The molecule has 0 saturated heterocycles. The molecule has 5 heteroatoms. The van der Waals surface area contributed by atoms with E-state index >= 15 is 0 Å². The number of halogens is 1. The highest BCUT2D eigenvalue weighted by Crippen LogP contribution is 2.19. The Morgan fingerprint density at radius 1 is 1.20 bits per heavy atom. The fourth-order valence-electron chi connectivity index (χ4n) is 2.48. The summed E-state index contributed by atoms with van der Waals surface area (Å²) >= 11 is 0. The first kappa shape index (κ1) is 16.9. The van der Waals surface area contributed by atoms with Crippen LogP contribution in [0.5, 0.6) is 0 Å². The van der Waals surface area contributed by atoms with Crippen molar-refractivity contribution in [3.8, 4) is 11.5 Å². The minimum absolute atomic E-state index is 0.146. The summed E-state index contributed by atoms with van der Waals surface area (Å²) in [7, 11) is 0. The molecule has 0 bridgehead atoms. The summed E-state index contributed by atoms with van der Waals surface area (Å²) in [6, 6.07) is 14.0. The number of hydrogen-bond donors (Lipinski definition) is 1. The number of aryl methyl sites for hydroxylation is 1. The van der Waals surface area contributed by atoms with Crippen molar-refractivity contribution in [2.75, 3.05) is 6.54 Å². The Bertz CT molecular complexity index is 856. The van der Waals surface area contributed by atoms with Crippen molar-refractivity contribution < 1.29 is 13.6 Å². The van der Waals surface area contributed by atoms with Crippen LogP contribution in [0.2, 0.25) is 0 Å². The van der Waals surface area contributed by atoms with Crippen LogP contribution >= 0.6 is 0 Å². The van der Waals surface area contributed by atoms with E-state index in [1.165, 1.54) is 17.7 Å². The van der Waals surface area contributed by atoms with E-state index < -0.39 is 0 Å². The van der Waals surface area contributed by atoms with Gasteiger partial charge in [-0.3, -0.25) is 4.79 Å². The number of aromatic nitrogens is 1. The summed E-state index contributed by atoms with van der Waals surface area (Å²) in [5.74, 6) is 0.0884. The molecule has 4 nitrogen and oxygen atoms in total. The van der Waals surface area contributed by atoms with Gasteiger partial charge in [0.25, 0.3) is 0 Å². The molecule has 0 fully saturated rings. The highest BCUT2D eigenvalue weighted by Gasteiger charge is 2.08. The first-order valence-corrected chi connectivity index (χ1v) is 8.13. The predicted octanol–water partition coefficient (Wildman–Crippen LogP) is 3.69. The Kier molecular flexibility index (Phi) is 5.23. The van der Waals surface area contributed by atoms with Gasteiger partial charge in [0.1, 0.15) is 12.1 Å². The summed E-state index contributed by atoms with van der Waals surface area (Å²) < 4.78 is 18.6. The van der Waals surface area contributed by atoms with E-state index in [2.05, 4.69) is 10.3 Å². The van der Waals surface area contributed by atoms with Gasteiger partial charge in [0.15, 0.2) is 0 Å². The number of benzene rings is 2. The van der Waals surface area contributed by atoms with Crippen molar-refractivity contribution in [2.24, 2.45) is 0 Å². The zero-order valence-electron chi connectivity index (χ0n) is 14.0. The molecule has 0 spiro atoms. The topological polar surface area (TPSA) is 55.1 Å². The second kappa shape index (κ2) is 7.75. The number of amides is 1. The van der Waals surface area contributed by atoms with Crippen molar-refractivity contribution in [1.82, 2.24) is 10.3 Å². The fourth-order valence-corrected chi connectivity index (χ4v) is 2.48. The lowest BCUT2D eigenvalue weighted by Gasteiger charge is -2.04. The van der Waals surface area contributed by atoms with Crippen LogP contribution in [0.1, 0.15) is 16.8 Å². The predicted molar refractivity (Wildman–Crippen MR) is 93.5 cm³/mol. The van der Waals surface area contributed by atoms with Gasteiger partial charge in [-0.1, -0.05) is 29.8 Å². The van der Waals surface area contributed by atoms with Crippen molar-refractivity contribution in [3.63, 3.8) is 0 Å². The zero-order chi connectivity index (χ0) is 17.6. The van der Waals surface area contributed by atoms with Crippen LogP contribution in [-0.2, 0) is 17.6 Å². The first-order valence-electron chi connectivity index (χ1n) is 8.13. The van der Waals surface area contributed by atoms with Crippen LogP contribution in [0.4, 0.5) is 4.39 Å². The van der Waals surface area contributed by atoms with Crippen molar-refractivity contribution in [1.29, 1.82) is 0 Å². The smallest absolute Gasteiger partial charge is 0.226 e. The summed E-state index contributed by atoms with van der Waals surface area (Å²) in [6.07, 6.45) is 2.34. The molecule has 128 valence electrons. The van der Waals surface area contributed by atoms with Crippen LogP contribution in [0, 0.1) is 12.7 Å². The Morgan fingerprint density at radius 3 is 2.76 bits per heavy atom. The van der Waals surface area contributed by atoms with E-state index in [1.54, 1.807) is 18.4 Å². The summed E-state index contributed by atoms with van der Waals surface area (Å²) in [4.78, 5) is 16.3. The second-order valence-corrected chi connectivity index (χ2v) is 5.92. The minimum Gasteiger partial charge on any atom is -0.444 e. The molecule has 0 unspecified atom stereocenters. The number of hydrogen-bond acceptors (Lipinski definition) is 3. The maximum absolute atomic E-state index is 13.1. The van der Waals surface area contributed by atoms with Gasteiger partial charge in [0.2, 0.25) is 11.8 Å². The summed E-state index contributed by atoms with van der Waals surface area (Å²) in [6.45, 7) is 2.48. The average Bonchev–Trinajstić information content (AvgIpc) is 3.04. The molecule has 1 aromatic heterocycles. The molecule has 1 heterocycles. The van der Waals surface area contributed by atoms with Crippen LogP contribution in [0.3, 0.4) is 0 Å². The highest BCUT2D eigenvalue weighted by atomic mass is 19.1. The molecule has 0 aliphatic carbocycles. The largest absolute Gasteiger partial charge is 0.444 e. The van der Waals surface area contributed by atoms with Gasteiger partial charge in [0.05, 0.1) is 12.1 Å². The molecule has 3 aromatic rings. The molecule has 0 aliphatic rings. The minimum atomic E-state index is -0.337. The average molecular weight is 338 g/mol. The third-order valence-electron chi connectivity index (χ3n) is 3.81. The molecule has 0 atom stereocenters. The summed E-state index contributed by atoms with van der Waals surface area (Å²) in [5, 5.41) is 2.81. The lowest BCUT2D eigenvalue weighted by Crippen LogP contribution is -2.27. The molecular formula is C20H19FN2O2. The van der Waals surface area contributed by atoms with Crippen LogP contribution in [-0.4, -0.2) is 17.4 Å². The van der Waals surface area contributed by atoms with E-state index in [0.29, 0.717) is 24.4 Å². The Morgan fingerprint density at radius 2 is 2.00 bits per heavy atom. The number of rotatable bonds is 6. The van der Waals surface area contributed by atoms with E-state index in [9.17, 15) is 9.18 Å². The number of carbonyl (C=O) groups is 1. The molecule has 0 saturated carbocycles. The number of nitrogens with zero attached hydrogens (tertiary/aromatic N) is 1. The molecule has 1 amide bonds. The van der Waals surface area contributed by atoms with E-state index in [4.69, 9.17) is 4.42 Å². The Hall–Kier alpha value is -2.95. The quantitative estimate of drug-likeness (QED) is 0.746. The van der Waals surface area contributed by atoms with Crippen LogP contribution < -0.4 is 5.32 Å². The second-order valence-electron chi connectivity index (χ2n) is 5.92. The molecule has 3 rings (SSSR count). The zero-order valence-corrected chi connectivity index (χ0v) is 14.0. The Balaban J connectivity index is 1.49. The highest BCUT2D eigenvalue weighted by molar-refractivity contribution is 5.78. The van der Waals surface area contributed by atoms with Gasteiger partial charge in [-0.05, 0) is 36.8 Å². The van der Waals surface area contributed by atoms with Gasteiger partial charge in [-0.2, -0.15) is 0 Å². The monoisotopic (exact) mass is 338 g/mol. The SMILES string of the molecule is Cc1ccc(-c2nc(CCNC(=O)Cc3cccc(F)c3)co2)cc1. The molecular weight excluding hydrogens is 319 g/mol. The molecule has 0 radical (unpaired) electrons. The number of carbonyl (C=O) groups excluding carboxylic acids is 1. The van der Waals surface area contributed by atoms with Gasteiger partial charge >= 0.3 is 0 Å². The molecule has 25 heavy (non-hydrogen) atoms. The third-order valence-corrected chi connectivity index (χ3v) is 3.81. The third kappa shape index (κ3) is 4.76. The van der Waals surface area contributed by atoms with Gasteiger partial charge < -0.3 is 9.73 Å². The van der Waals surface area contributed by atoms with Crippen molar-refractivity contribution >= 4 is 5.91 Å². The first-order chi connectivity index (χ1) is 12.1. The lowest BCUT2D eigenvalue weighted by molar-refractivity contribution is -0.120. The van der Waals surface area contributed by atoms with E-state index in [0.717, 1.165) is 11.3 Å². The normalized spacial score (nSPS) is 10.6.